The quantitative estimate of drug-likeness (QED) is 0.663. The maximum absolute atomic E-state index is 10.6. The molecule has 0 amide bonds. The summed E-state index contributed by atoms with van der Waals surface area (Å²) in [5.74, 6) is 5.38. The average molecular weight is 347 g/mol. The number of epoxide rings is 1. The van der Waals surface area contributed by atoms with Crippen molar-refractivity contribution in [2.24, 2.45) is 40.9 Å². The van der Waals surface area contributed by atoms with Gasteiger partial charge in [0.2, 0.25) is 0 Å². The molecule has 1 aliphatic heterocycles. The van der Waals surface area contributed by atoms with Gasteiger partial charge in [-0.05, 0) is 113 Å². The molecule has 0 aromatic heterocycles. The minimum absolute atomic E-state index is 0.209. The van der Waals surface area contributed by atoms with Crippen LogP contribution in [0.1, 0.15) is 85.0 Å². The van der Waals surface area contributed by atoms with Crippen LogP contribution in [0.25, 0.3) is 0 Å². The zero-order valence-electron chi connectivity index (χ0n) is 16.6. The second kappa shape index (κ2) is 5.47. The predicted molar refractivity (Wildman–Crippen MR) is 100 cm³/mol. The van der Waals surface area contributed by atoms with Crippen molar-refractivity contribution in [1.82, 2.24) is 0 Å². The zero-order chi connectivity index (χ0) is 17.4. The maximum atomic E-state index is 10.6. The summed E-state index contributed by atoms with van der Waals surface area (Å²) in [6, 6.07) is 0. The van der Waals surface area contributed by atoms with E-state index in [9.17, 15) is 5.11 Å². The second-order valence-electron chi connectivity index (χ2n) is 11.3. The van der Waals surface area contributed by atoms with E-state index >= 15 is 0 Å². The summed E-state index contributed by atoms with van der Waals surface area (Å²) in [5.41, 5.74) is 0.351. The van der Waals surface area contributed by atoms with Crippen LogP contribution in [0.15, 0.2) is 0 Å². The van der Waals surface area contributed by atoms with Crippen LogP contribution in [0.2, 0.25) is 0 Å². The van der Waals surface area contributed by atoms with Gasteiger partial charge in [0.05, 0.1) is 17.8 Å². The zero-order valence-corrected chi connectivity index (χ0v) is 16.6. The fourth-order valence-corrected chi connectivity index (χ4v) is 8.60. The molecule has 1 saturated heterocycles. The van der Waals surface area contributed by atoms with Crippen molar-refractivity contribution in [1.29, 1.82) is 0 Å². The van der Waals surface area contributed by atoms with Crippen LogP contribution in [0.4, 0.5) is 0 Å². The molecule has 0 aromatic rings. The van der Waals surface area contributed by atoms with Gasteiger partial charge in [0, 0.05) is 0 Å². The van der Waals surface area contributed by atoms with Crippen molar-refractivity contribution in [3.8, 4) is 0 Å². The normalized spacial score (nSPS) is 61.0. The van der Waals surface area contributed by atoms with E-state index in [2.05, 4.69) is 20.8 Å². The molecule has 9 atom stereocenters. The first-order valence-electron chi connectivity index (χ1n) is 11.2. The van der Waals surface area contributed by atoms with Crippen LogP contribution in [0.5, 0.6) is 0 Å². The molecule has 2 heteroatoms. The summed E-state index contributed by atoms with van der Waals surface area (Å²) in [7, 11) is 0. The SMILES string of the molecule is CC1([C@H]2CCC[C@H]3[C@@H]4CC[C@@H]5C[C@](C)(O)CCC5[C@H]4CC[C@]23C)CO1. The minimum Gasteiger partial charge on any atom is -0.390 e. The molecule has 142 valence electrons. The molecule has 0 spiro atoms. The van der Waals surface area contributed by atoms with Gasteiger partial charge >= 0.3 is 0 Å². The standard InChI is InChI=1S/C23H38O2/c1-21(24)11-9-16-15(13-21)7-8-18-17(16)10-12-22(2)19(18)5-4-6-20(22)23(3)14-25-23/h15-20,24H,4-14H2,1-3H3/t15-,16?,17-,18-,19+,20+,21-,22+,23?/m1/s1. The average Bonchev–Trinajstić information content (AvgIpc) is 3.30. The molecule has 0 aromatic carbocycles. The molecule has 2 unspecified atom stereocenters. The molecule has 0 bridgehead atoms. The van der Waals surface area contributed by atoms with Gasteiger partial charge in [0.1, 0.15) is 0 Å². The van der Waals surface area contributed by atoms with Crippen LogP contribution in [-0.4, -0.2) is 22.9 Å². The summed E-state index contributed by atoms with van der Waals surface area (Å²) in [5, 5.41) is 10.6. The lowest BCUT2D eigenvalue weighted by atomic mass is 9.44. The smallest absolute Gasteiger partial charge is 0.0921 e. The first-order chi connectivity index (χ1) is 11.8. The molecule has 2 nitrogen and oxygen atoms in total. The molecule has 5 fully saturated rings. The molecular formula is C23H38O2. The number of rotatable bonds is 1. The Morgan fingerprint density at radius 3 is 2.36 bits per heavy atom. The third-order valence-corrected chi connectivity index (χ3v) is 9.82. The third kappa shape index (κ3) is 2.57. The van der Waals surface area contributed by atoms with Gasteiger partial charge in [-0.15, -0.1) is 0 Å². The molecule has 1 heterocycles. The predicted octanol–water partition coefficient (Wildman–Crippen LogP) is 5.19. The topological polar surface area (TPSA) is 32.8 Å². The van der Waals surface area contributed by atoms with Crippen LogP contribution in [0, 0.1) is 40.9 Å². The van der Waals surface area contributed by atoms with Gasteiger partial charge in [-0.1, -0.05) is 13.3 Å². The Balaban J connectivity index is 1.39. The molecule has 25 heavy (non-hydrogen) atoms. The van der Waals surface area contributed by atoms with Crippen LogP contribution >= 0.6 is 0 Å². The Kier molecular flexibility index (Phi) is 3.73. The van der Waals surface area contributed by atoms with E-state index < -0.39 is 0 Å². The van der Waals surface area contributed by atoms with Gasteiger partial charge in [-0.2, -0.15) is 0 Å². The monoisotopic (exact) mass is 346 g/mol. The second-order valence-corrected chi connectivity index (χ2v) is 11.3. The molecular weight excluding hydrogens is 308 g/mol. The highest BCUT2D eigenvalue weighted by atomic mass is 16.6. The highest BCUT2D eigenvalue weighted by molar-refractivity contribution is 5.10. The Labute approximate surface area is 154 Å². The van der Waals surface area contributed by atoms with E-state index in [0.717, 1.165) is 55.0 Å². The summed E-state index contributed by atoms with van der Waals surface area (Å²) >= 11 is 0. The highest BCUT2D eigenvalue weighted by Crippen LogP contribution is 2.66. The molecule has 1 N–H and O–H groups in total. The first-order valence-corrected chi connectivity index (χ1v) is 11.2. The van der Waals surface area contributed by atoms with E-state index in [0.29, 0.717) is 5.41 Å². The van der Waals surface area contributed by atoms with Crippen LogP contribution in [-0.2, 0) is 4.74 Å². The summed E-state index contributed by atoms with van der Waals surface area (Å²) < 4.78 is 5.97. The number of ether oxygens (including phenoxy) is 1. The molecule has 0 radical (unpaired) electrons. The van der Waals surface area contributed by atoms with E-state index in [1.54, 1.807) is 0 Å². The van der Waals surface area contributed by atoms with Gasteiger partial charge in [-0.25, -0.2) is 0 Å². The summed E-state index contributed by atoms with van der Waals surface area (Å²) in [4.78, 5) is 0. The number of aliphatic hydroxyl groups is 1. The van der Waals surface area contributed by atoms with Gasteiger partial charge < -0.3 is 9.84 Å². The largest absolute Gasteiger partial charge is 0.390 e. The van der Waals surface area contributed by atoms with E-state index in [1.165, 1.54) is 51.4 Å². The number of hydrogen-bond donors (Lipinski definition) is 1. The Morgan fingerprint density at radius 1 is 0.840 bits per heavy atom. The van der Waals surface area contributed by atoms with E-state index in [-0.39, 0.29) is 11.2 Å². The molecule has 5 rings (SSSR count). The van der Waals surface area contributed by atoms with Crippen molar-refractivity contribution in [2.45, 2.75) is 96.2 Å². The third-order valence-electron chi connectivity index (χ3n) is 9.82. The molecule has 5 aliphatic rings. The lowest BCUT2D eigenvalue weighted by molar-refractivity contribution is -0.136. The lowest BCUT2D eigenvalue weighted by Gasteiger charge is -2.61. The van der Waals surface area contributed by atoms with Gasteiger partial charge in [-0.3, -0.25) is 0 Å². The minimum atomic E-state index is -0.384. The van der Waals surface area contributed by atoms with E-state index in [4.69, 9.17) is 4.74 Å². The van der Waals surface area contributed by atoms with Gasteiger partial charge in [0.25, 0.3) is 0 Å². The van der Waals surface area contributed by atoms with Crippen LogP contribution < -0.4 is 0 Å². The van der Waals surface area contributed by atoms with Crippen molar-refractivity contribution >= 4 is 0 Å². The summed E-state index contributed by atoms with van der Waals surface area (Å²) in [6.45, 7) is 8.11. The highest BCUT2D eigenvalue weighted by Gasteiger charge is 2.62. The number of hydrogen-bond acceptors (Lipinski definition) is 2. The van der Waals surface area contributed by atoms with Crippen molar-refractivity contribution in [3.63, 3.8) is 0 Å². The van der Waals surface area contributed by atoms with Crippen molar-refractivity contribution < 1.29 is 9.84 Å². The first kappa shape index (κ1) is 17.0. The molecule has 4 aliphatic carbocycles. The lowest BCUT2D eigenvalue weighted by Crippen LogP contribution is -2.55. The Morgan fingerprint density at radius 2 is 1.60 bits per heavy atom. The van der Waals surface area contributed by atoms with Crippen LogP contribution in [0.3, 0.4) is 0 Å². The van der Waals surface area contributed by atoms with Crippen molar-refractivity contribution in [3.05, 3.63) is 0 Å². The Hall–Kier alpha value is -0.0800. The summed E-state index contributed by atoms with van der Waals surface area (Å²) in [6.07, 6.45) is 13.4. The van der Waals surface area contributed by atoms with Gasteiger partial charge in [0.15, 0.2) is 0 Å². The van der Waals surface area contributed by atoms with Crippen molar-refractivity contribution in [2.75, 3.05) is 6.61 Å². The molecule has 4 saturated carbocycles. The fraction of sp³-hybridized carbons (Fsp3) is 1.00. The van der Waals surface area contributed by atoms with E-state index in [1.807, 2.05) is 0 Å². The Bertz CT molecular complexity index is 536. The maximum Gasteiger partial charge on any atom is 0.0921 e. The number of fused-ring (bicyclic) bond motifs is 5. The fourth-order valence-electron chi connectivity index (χ4n) is 8.60.